The van der Waals surface area contributed by atoms with Crippen molar-refractivity contribution in [1.29, 1.82) is 5.41 Å². The highest BCUT2D eigenvalue weighted by molar-refractivity contribution is 6.14. The van der Waals surface area contributed by atoms with Crippen LogP contribution in [0, 0.1) is 11.3 Å². The zero-order valence-electron chi connectivity index (χ0n) is 29.8. The minimum Gasteiger partial charge on any atom is -0.508 e. The van der Waals surface area contributed by atoms with Crippen molar-refractivity contribution in [2.75, 3.05) is 13.2 Å². The molecule has 7 unspecified atom stereocenters. The van der Waals surface area contributed by atoms with E-state index in [0.29, 0.717) is 29.9 Å². The van der Waals surface area contributed by atoms with Gasteiger partial charge in [0.2, 0.25) is 12.0 Å². The monoisotopic (exact) mass is 780 g/mol. The molecule has 1 saturated heterocycles. The van der Waals surface area contributed by atoms with Crippen molar-refractivity contribution in [3.8, 4) is 34.5 Å². The van der Waals surface area contributed by atoms with Crippen LogP contribution in [0.1, 0.15) is 29.2 Å². The van der Waals surface area contributed by atoms with Gasteiger partial charge in [-0.2, -0.15) is 0 Å². The number of ether oxygens (including phenoxy) is 5. The van der Waals surface area contributed by atoms with Crippen LogP contribution in [0.5, 0.6) is 34.5 Å². The number of fused-ring (bicyclic) bond motifs is 3. The third-order valence-electron chi connectivity index (χ3n) is 10.2. The Kier molecular flexibility index (Phi) is 9.53. The van der Waals surface area contributed by atoms with Crippen molar-refractivity contribution < 1.29 is 64.2 Å². The van der Waals surface area contributed by atoms with Gasteiger partial charge in [0, 0.05) is 24.3 Å². The van der Waals surface area contributed by atoms with Crippen molar-refractivity contribution in [3.05, 3.63) is 102 Å². The average Bonchev–Trinajstić information content (AvgIpc) is 3.86. The number of aliphatic carboxylic acids is 1. The van der Waals surface area contributed by atoms with Gasteiger partial charge in [-0.25, -0.2) is 14.8 Å². The van der Waals surface area contributed by atoms with Gasteiger partial charge in [0.25, 0.3) is 0 Å². The second-order valence-corrected chi connectivity index (χ2v) is 13.9. The largest absolute Gasteiger partial charge is 0.508 e. The molecule has 2 bridgehead atoms. The van der Waals surface area contributed by atoms with Gasteiger partial charge >= 0.3 is 5.97 Å². The number of phenolic OH excluding ortho intramolecular Hbond substituents is 2. The minimum atomic E-state index is -2.62. The van der Waals surface area contributed by atoms with E-state index in [2.05, 4.69) is 15.0 Å². The Hall–Kier alpha value is -6.53. The number of allylic oxidation sites excluding steroid dienone is 1. The molecule has 5 aliphatic rings. The lowest BCUT2D eigenvalue weighted by atomic mass is 9.64. The van der Waals surface area contributed by atoms with E-state index in [9.17, 15) is 40.5 Å². The molecule has 0 radical (unpaired) electrons. The van der Waals surface area contributed by atoms with E-state index in [4.69, 9.17) is 29.1 Å². The molecule has 17 nitrogen and oxygen atoms in total. The second-order valence-electron chi connectivity index (χ2n) is 13.9. The molecule has 0 aromatic heterocycles. The van der Waals surface area contributed by atoms with Crippen molar-refractivity contribution in [3.63, 3.8) is 0 Å². The van der Waals surface area contributed by atoms with Crippen LogP contribution in [0.3, 0.4) is 0 Å². The number of hydrogen-bond donors (Lipinski definition) is 8. The maximum Gasteiger partial charge on any atom is 0.336 e. The number of amidine groups is 1. The lowest BCUT2D eigenvalue weighted by molar-refractivity contribution is -0.337. The number of nitrogens with one attached hydrogen (secondary N) is 1. The van der Waals surface area contributed by atoms with Crippen LogP contribution in [0.15, 0.2) is 100.0 Å². The molecule has 1 fully saturated rings. The molecule has 3 aromatic rings. The Bertz CT molecular complexity index is 2320. The Morgan fingerprint density at radius 2 is 1.84 bits per heavy atom. The van der Waals surface area contributed by atoms with Gasteiger partial charge in [-0.05, 0) is 53.6 Å². The topological polar surface area (TPSA) is 266 Å². The molecule has 4 heterocycles. The van der Waals surface area contributed by atoms with E-state index in [1.807, 2.05) is 0 Å². The van der Waals surface area contributed by atoms with Crippen LogP contribution < -0.4 is 18.9 Å². The fraction of sp³-hybridized carbons (Fsp3) is 0.275. The predicted molar refractivity (Wildman–Crippen MR) is 202 cm³/mol. The summed E-state index contributed by atoms with van der Waals surface area (Å²) in [5.41, 5.74) is -3.34. The molecule has 0 saturated carbocycles. The Balaban J connectivity index is 1.11. The van der Waals surface area contributed by atoms with Crippen LogP contribution in [0.2, 0.25) is 0 Å². The summed E-state index contributed by atoms with van der Waals surface area (Å²) in [6, 6.07) is 14.1. The number of nitrogens with zero attached hydrogens (tertiary/aromatic N) is 3. The summed E-state index contributed by atoms with van der Waals surface area (Å²) in [7, 11) is 0. The fourth-order valence-electron chi connectivity index (χ4n) is 7.34. The number of aromatic hydroxyl groups is 2. The summed E-state index contributed by atoms with van der Waals surface area (Å²) in [4.78, 5) is 24.8. The molecule has 8 N–H and O–H groups in total. The van der Waals surface area contributed by atoms with Crippen LogP contribution in [0.25, 0.3) is 5.76 Å². The van der Waals surface area contributed by atoms with Crippen molar-refractivity contribution in [2.45, 2.75) is 48.8 Å². The molecule has 0 amide bonds. The lowest BCUT2D eigenvalue weighted by Crippen LogP contribution is -2.78. The standard InChI is InChI=1S/C40H36N4O13/c41-31-9-6-22(44-31)11-13-53-24-7-4-21(5-8-24)28-15-27(46)32-29(55-28)16-30(34(33(32)47)54-18-20-2-1-3-23(45)14-20)56-38-39(51)12-10-25(26-17-42-19-43-26)40(52,37(39)50)35(57-38)36(48)49/h1-10,12,14-16,19,25,28,35,37-38,41,45-47,50-52H,11,13,17-18H2,(H,48,49). The van der Waals surface area contributed by atoms with Gasteiger partial charge in [-0.1, -0.05) is 30.3 Å². The van der Waals surface area contributed by atoms with E-state index in [1.165, 1.54) is 36.7 Å². The van der Waals surface area contributed by atoms with Gasteiger partial charge in [0.05, 0.1) is 24.8 Å². The molecule has 294 valence electrons. The summed E-state index contributed by atoms with van der Waals surface area (Å²) < 4.78 is 29.9. The molecule has 57 heavy (non-hydrogen) atoms. The predicted octanol–water partition coefficient (Wildman–Crippen LogP) is 3.15. The molecule has 0 spiro atoms. The maximum absolute atomic E-state index is 12.6. The molecule has 1 aliphatic carbocycles. The first-order valence-electron chi connectivity index (χ1n) is 17.7. The number of hydrogen-bond acceptors (Lipinski definition) is 15. The maximum atomic E-state index is 12.6. The highest BCUT2D eigenvalue weighted by atomic mass is 16.7. The molecule has 7 atom stereocenters. The van der Waals surface area contributed by atoms with Crippen LogP contribution >= 0.6 is 0 Å². The number of aliphatic hydroxyl groups excluding tert-OH is 2. The number of aliphatic imine (C=N–C) groups is 3. The highest BCUT2D eigenvalue weighted by Gasteiger charge is 2.69. The number of carboxylic acids is 1. The first-order valence-corrected chi connectivity index (χ1v) is 17.7. The Morgan fingerprint density at radius 3 is 2.54 bits per heavy atom. The van der Waals surface area contributed by atoms with Crippen LogP contribution in [-0.4, -0.2) is 108 Å². The van der Waals surface area contributed by atoms with E-state index < -0.39 is 59.2 Å². The van der Waals surface area contributed by atoms with Crippen LogP contribution in [0.4, 0.5) is 0 Å². The molecular weight excluding hydrogens is 744 g/mol. The number of benzene rings is 3. The van der Waals surface area contributed by atoms with E-state index in [1.54, 1.807) is 48.6 Å². The van der Waals surface area contributed by atoms with Gasteiger partial charge < -0.3 is 59.4 Å². The van der Waals surface area contributed by atoms with E-state index in [0.717, 1.165) is 11.8 Å². The number of carboxylic acid groups (broad SMARTS) is 1. The normalized spacial score (nSPS) is 28.2. The SMILES string of the molecule is N=C1C=CC(CCOc2ccc(C3C=C(O)c4c(cc(OC5OC(C(=O)O)C6(O)C(C7=NC=NC7)C=CC5(O)C6O)c(OCc5cccc(O)c5)c4O)O3)cc2)=N1. The quantitative estimate of drug-likeness (QED) is 0.123. The number of carbonyl (C=O) groups is 1. The first-order chi connectivity index (χ1) is 27.3. The summed E-state index contributed by atoms with van der Waals surface area (Å²) in [5.74, 6) is -4.13. The fourth-order valence-corrected chi connectivity index (χ4v) is 7.34. The lowest BCUT2D eigenvalue weighted by Gasteiger charge is -2.55. The van der Waals surface area contributed by atoms with E-state index >= 15 is 0 Å². The van der Waals surface area contributed by atoms with Gasteiger partial charge in [0.15, 0.2) is 23.2 Å². The molecule has 4 aliphatic heterocycles. The average molecular weight is 781 g/mol. The number of rotatable bonds is 12. The number of aliphatic hydroxyl groups is 4. The minimum absolute atomic E-state index is 0.0191. The zero-order chi connectivity index (χ0) is 40.1. The summed E-state index contributed by atoms with van der Waals surface area (Å²) in [6.07, 6.45) is 1.59. The molecule has 8 rings (SSSR count). The molecule has 3 aromatic carbocycles. The van der Waals surface area contributed by atoms with Crippen LogP contribution in [-0.2, 0) is 16.1 Å². The summed E-state index contributed by atoms with van der Waals surface area (Å²) >= 11 is 0. The number of phenols is 2. The Morgan fingerprint density at radius 1 is 1.04 bits per heavy atom. The van der Waals surface area contributed by atoms with Crippen molar-refractivity contribution >= 4 is 35.3 Å². The molecular formula is C40H36N4O13. The summed E-state index contributed by atoms with van der Waals surface area (Å²) in [5, 5.41) is 86.0. The van der Waals surface area contributed by atoms with Gasteiger partial charge in [-0.15, -0.1) is 0 Å². The zero-order valence-corrected chi connectivity index (χ0v) is 29.8. The molecule has 17 heteroatoms. The van der Waals surface area contributed by atoms with Gasteiger partial charge in [-0.3, -0.25) is 10.4 Å². The third kappa shape index (κ3) is 6.75. The third-order valence-corrected chi connectivity index (χ3v) is 10.2. The summed E-state index contributed by atoms with van der Waals surface area (Å²) in [6.45, 7) is 0.0899. The van der Waals surface area contributed by atoms with E-state index in [-0.39, 0.29) is 53.3 Å². The highest BCUT2D eigenvalue weighted by Crippen LogP contribution is 2.53. The smallest absolute Gasteiger partial charge is 0.336 e. The van der Waals surface area contributed by atoms with Gasteiger partial charge in [0.1, 0.15) is 65.2 Å². The first kappa shape index (κ1) is 37.4. The Labute approximate surface area is 323 Å². The second kappa shape index (κ2) is 14.5. The van der Waals surface area contributed by atoms with Crippen molar-refractivity contribution in [2.24, 2.45) is 20.9 Å². The van der Waals surface area contributed by atoms with Crippen molar-refractivity contribution in [1.82, 2.24) is 0 Å².